The summed E-state index contributed by atoms with van der Waals surface area (Å²) in [4.78, 5) is 26.0. The van der Waals surface area contributed by atoms with Gasteiger partial charge in [0.2, 0.25) is 0 Å². The Hall–Kier alpha value is -3.19. The van der Waals surface area contributed by atoms with Crippen molar-refractivity contribution in [2.45, 2.75) is 25.5 Å². The zero-order valence-electron chi connectivity index (χ0n) is 15.1. The molecule has 1 aliphatic heterocycles. The highest BCUT2D eigenvalue weighted by Gasteiger charge is 2.38. The van der Waals surface area contributed by atoms with Gasteiger partial charge in [-0.05, 0) is 36.1 Å². The minimum absolute atomic E-state index is 0.0145. The van der Waals surface area contributed by atoms with E-state index in [-0.39, 0.29) is 17.8 Å². The van der Waals surface area contributed by atoms with Gasteiger partial charge >= 0.3 is 6.09 Å². The molecule has 1 aliphatic rings. The summed E-state index contributed by atoms with van der Waals surface area (Å²) >= 11 is 1.58. The van der Waals surface area contributed by atoms with E-state index in [0.29, 0.717) is 12.1 Å². The first-order chi connectivity index (χ1) is 13.5. The van der Waals surface area contributed by atoms with Gasteiger partial charge in [0.15, 0.2) is 0 Å². The van der Waals surface area contributed by atoms with E-state index in [0.717, 1.165) is 16.0 Å². The van der Waals surface area contributed by atoms with E-state index in [4.69, 9.17) is 4.74 Å². The summed E-state index contributed by atoms with van der Waals surface area (Å²) in [7, 11) is 0. The second-order valence-corrected chi connectivity index (χ2v) is 7.67. The molecule has 7 heteroatoms. The van der Waals surface area contributed by atoms with E-state index in [9.17, 15) is 14.9 Å². The predicted octanol–water partition coefficient (Wildman–Crippen LogP) is 5.79. The van der Waals surface area contributed by atoms with Gasteiger partial charge in [0, 0.05) is 29.1 Å². The standard InChI is InChI=1S/C21H18N2O4S/c1-14-4-6-15(7-5-14)19-13-18(20-3-2-12-28-20)22(21(24)27-19)16-8-10-17(11-9-16)23(25)26/h2-12,18-19H,13H2,1H3. The number of anilines is 1. The van der Waals surface area contributed by atoms with Crippen LogP contribution in [-0.4, -0.2) is 11.0 Å². The zero-order chi connectivity index (χ0) is 19.7. The summed E-state index contributed by atoms with van der Waals surface area (Å²) in [5.74, 6) is 0. The lowest BCUT2D eigenvalue weighted by Crippen LogP contribution is -2.41. The first-order valence-corrected chi connectivity index (χ1v) is 9.75. The van der Waals surface area contributed by atoms with E-state index < -0.39 is 11.0 Å². The number of ether oxygens (including phenoxy) is 1. The quantitative estimate of drug-likeness (QED) is 0.414. The number of nitro benzene ring substituents is 1. The fourth-order valence-electron chi connectivity index (χ4n) is 3.39. The van der Waals surface area contributed by atoms with Gasteiger partial charge in [-0.15, -0.1) is 11.3 Å². The molecule has 3 aromatic rings. The number of rotatable bonds is 4. The number of cyclic esters (lactones) is 1. The summed E-state index contributed by atoms with van der Waals surface area (Å²) in [6, 6.07) is 17.7. The van der Waals surface area contributed by atoms with Crippen molar-refractivity contribution in [2.75, 3.05) is 4.90 Å². The van der Waals surface area contributed by atoms with Gasteiger partial charge in [-0.3, -0.25) is 15.0 Å². The van der Waals surface area contributed by atoms with E-state index in [1.165, 1.54) is 12.1 Å². The maximum atomic E-state index is 12.9. The van der Waals surface area contributed by atoms with Crippen molar-refractivity contribution >= 4 is 28.8 Å². The van der Waals surface area contributed by atoms with Crippen molar-refractivity contribution in [1.29, 1.82) is 0 Å². The zero-order valence-corrected chi connectivity index (χ0v) is 16.0. The van der Waals surface area contributed by atoms with Gasteiger partial charge in [0.25, 0.3) is 5.69 Å². The molecule has 2 atom stereocenters. The maximum Gasteiger partial charge on any atom is 0.415 e. The number of carbonyl (C=O) groups excluding carboxylic acids is 1. The Labute approximate surface area is 166 Å². The third-order valence-corrected chi connectivity index (χ3v) is 5.82. The van der Waals surface area contributed by atoms with Gasteiger partial charge in [0.05, 0.1) is 11.0 Å². The fourth-order valence-corrected chi connectivity index (χ4v) is 4.22. The molecule has 0 radical (unpaired) electrons. The lowest BCUT2D eigenvalue weighted by molar-refractivity contribution is -0.384. The van der Waals surface area contributed by atoms with Gasteiger partial charge < -0.3 is 4.74 Å². The first kappa shape index (κ1) is 18.2. The monoisotopic (exact) mass is 394 g/mol. The fraction of sp³-hybridized carbons (Fsp3) is 0.190. The number of non-ortho nitro benzene ring substituents is 1. The topological polar surface area (TPSA) is 72.7 Å². The van der Waals surface area contributed by atoms with Crippen LogP contribution in [0.25, 0.3) is 0 Å². The van der Waals surface area contributed by atoms with Crippen LogP contribution in [0, 0.1) is 17.0 Å². The average Bonchev–Trinajstić information content (AvgIpc) is 3.23. The molecule has 0 saturated carbocycles. The Kier molecular flexibility index (Phi) is 4.83. The molecule has 0 aliphatic carbocycles. The number of nitrogens with zero attached hydrogens (tertiary/aromatic N) is 2. The van der Waals surface area contributed by atoms with Gasteiger partial charge in [-0.2, -0.15) is 0 Å². The number of hydrogen-bond acceptors (Lipinski definition) is 5. The predicted molar refractivity (Wildman–Crippen MR) is 108 cm³/mol. The lowest BCUT2D eigenvalue weighted by Gasteiger charge is -2.38. The van der Waals surface area contributed by atoms with Gasteiger partial charge in [-0.25, -0.2) is 4.79 Å². The molecule has 1 amide bonds. The molecule has 1 aromatic heterocycles. The summed E-state index contributed by atoms with van der Waals surface area (Å²) in [5.41, 5.74) is 2.67. The molecule has 0 bridgehead atoms. The van der Waals surface area contributed by atoms with Crippen LogP contribution in [0.1, 0.15) is 34.6 Å². The van der Waals surface area contributed by atoms with Crippen molar-refractivity contribution in [3.05, 3.63) is 92.2 Å². The normalized spacial score (nSPS) is 19.3. The van der Waals surface area contributed by atoms with Gasteiger partial charge in [0.1, 0.15) is 6.10 Å². The van der Waals surface area contributed by atoms with Crippen molar-refractivity contribution in [3.8, 4) is 0 Å². The molecular weight excluding hydrogens is 376 g/mol. The minimum atomic E-state index is -0.456. The van der Waals surface area contributed by atoms with Gasteiger partial charge in [-0.1, -0.05) is 35.9 Å². The van der Waals surface area contributed by atoms with Crippen LogP contribution in [0.3, 0.4) is 0 Å². The van der Waals surface area contributed by atoms with Crippen LogP contribution in [0.5, 0.6) is 0 Å². The van der Waals surface area contributed by atoms with Crippen LogP contribution >= 0.6 is 11.3 Å². The minimum Gasteiger partial charge on any atom is -0.441 e. The number of thiophene rings is 1. The molecular formula is C21H18N2O4S. The largest absolute Gasteiger partial charge is 0.441 e. The molecule has 2 aromatic carbocycles. The highest BCUT2D eigenvalue weighted by atomic mass is 32.1. The average molecular weight is 394 g/mol. The van der Waals surface area contributed by atoms with Crippen molar-refractivity contribution in [3.63, 3.8) is 0 Å². The van der Waals surface area contributed by atoms with Crippen LogP contribution in [-0.2, 0) is 4.74 Å². The Morgan fingerprint density at radius 1 is 1.11 bits per heavy atom. The number of nitro groups is 1. The lowest BCUT2D eigenvalue weighted by atomic mass is 9.97. The molecule has 0 N–H and O–H groups in total. The highest BCUT2D eigenvalue weighted by molar-refractivity contribution is 7.10. The van der Waals surface area contributed by atoms with Crippen LogP contribution in [0.2, 0.25) is 0 Å². The highest BCUT2D eigenvalue weighted by Crippen LogP contribution is 2.42. The Balaban J connectivity index is 1.69. The number of benzene rings is 2. The van der Waals surface area contributed by atoms with Crippen LogP contribution in [0.15, 0.2) is 66.0 Å². The molecule has 142 valence electrons. The smallest absolute Gasteiger partial charge is 0.415 e. The number of carbonyl (C=O) groups is 1. The third kappa shape index (κ3) is 3.48. The Bertz CT molecular complexity index is 984. The summed E-state index contributed by atoms with van der Waals surface area (Å²) in [6.07, 6.45) is -0.190. The molecule has 2 unspecified atom stereocenters. The summed E-state index contributed by atoms with van der Waals surface area (Å²) < 4.78 is 5.74. The Morgan fingerprint density at radius 3 is 2.43 bits per heavy atom. The van der Waals surface area contributed by atoms with E-state index in [1.54, 1.807) is 28.4 Å². The molecule has 28 heavy (non-hydrogen) atoms. The van der Waals surface area contributed by atoms with E-state index in [2.05, 4.69) is 0 Å². The molecule has 0 spiro atoms. The molecule has 6 nitrogen and oxygen atoms in total. The van der Waals surface area contributed by atoms with E-state index in [1.807, 2.05) is 48.7 Å². The second-order valence-electron chi connectivity index (χ2n) is 6.69. The van der Waals surface area contributed by atoms with Crippen molar-refractivity contribution in [1.82, 2.24) is 0 Å². The van der Waals surface area contributed by atoms with E-state index >= 15 is 0 Å². The maximum absolute atomic E-state index is 12.9. The molecule has 2 heterocycles. The van der Waals surface area contributed by atoms with Crippen molar-refractivity contribution in [2.24, 2.45) is 0 Å². The summed E-state index contributed by atoms with van der Waals surface area (Å²) in [6.45, 7) is 2.02. The summed E-state index contributed by atoms with van der Waals surface area (Å²) in [5, 5.41) is 12.9. The molecule has 1 saturated heterocycles. The third-order valence-electron chi connectivity index (χ3n) is 4.85. The van der Waals surface area contributed by atoms with Crippen LogP contribution in [0.4, 0.5) is 16.2 Å². The second kappa shape index (κ2) is 7.44. The number of hydrogen-bond donors (Lipinski definition) is 0. The Morgan fingerprint density at radius 2 is 1.82 bits per heavy atom. The van der Waals surface area contributed by atoms with Crippen LogP contribution < -0.4 is 4.90 Å². The first-order valence-electron chi connectivity index (χ1n) is 8.87. The number of amides is 1. The SMILES string of the molecule is Cc1ccc(C2CC(c3cccs3)N(c3ccc([N+](=O)[O-])cc3)C(=O)O2)cc1. The van der Waals surface area contributed by atoms with Crippen molar-refractivity contribution < 1.29 is 14.5 Å². The molecule has 1 fully saturated rings. The molecule has 4 rings (SSSR count). The number of aryl methyl sites for hydroxylation is 1.